The molecule has 2 aliphatic heterocycles. The lowest BCUT2D eigenvalue weighted by molar-refractivity contribution is -0.130. The lowest BCUT2D eigenvalue weighted by Gasteiger charge is -2.40. The maximum absolute atomic E-state index is 13.3. The number of imide groups is 1. The second-order valence-corrected chi connectivity index (χ2v) is 9.14. The van der Waals surface area contributed by atoms with Crippen LogP contribution in [0.5, 0.6) is 11.5 Å². The van der Waals surface area contributed by atoms with Gasteiger partial charge in [-0.3, -0.25) is 19.3 Å². The molecule has 2 heterocycles. The molecule has 0 spiro atoms. The van der Waals surface area contributed by atoms with Crippen LogP contribution in [0, 0.1) is 5.82 Å². The van der Waals surface area contributed by atoms with Gasteiger partial charge < -0.3 is 14.8 Å². The standard InChI is InChI=1S/C24H21FN2O5S/c25-17-5-3-16(4-6-17)24(8-1-9-24)22(29)26-10-11-27-21(28)20(33-23(27)30)13-15-2-7-18-19(12-15)32-14-31-18/h2-7,12-13H,1,8-11,14H2,(H,26,29)/b20-13-. The van der Waals surface area contributed by atoms with E-state index < -0.39 is 11.3 Å². The highest BCUT2D eigenvalue weighted by Gasteiger charge is 2.45. The van der Waals surface area contributed by atoms with Crippen LogP contribution in [0.4, 0.5) is 9.18 Å². The number of thioether (sulfide) groups is 1. The van der Waals surface area contributed by atoms with Gasteiger partial charge in [0.1, 0.15) is 5.82 Å². The van der Waals surface area contributed by atoms with Gasteiger partial charge in [0.25, 0.3) is 11.1 Å². The highest BCUT2D eigenvalue weighted by Crippen LogP contribution is 2.44. The van der Waals surface area contributed by atoms with Gasteiger partial charge in [-0.2, -0.15) is 0 Å². The quantitative estimate of drug-likeness (QED) is 0.649. The van der Waals surface area contributed by atoms with Crippen LogP contribution in [0.15, 0.2) is 47.4 Å². The largest absolute Gasteiger partial charge is 0.454 e. The number of amides is 3. The molecule has 7 nitrogen and oxygen atoms in total. The first kappa shape index (κ1) is 21.5. The number of ether oxygens (including phenoxy) is 2. The summed E-state index contributed by atoms with van der Waals surface area (Å²) < 4.78 is 23.9. The Labute approximate surface area is 193 Å². The van der Waals surface area contributed by atoms with Crippen molar-refractivity contribution in [3.8, 4) is 11.5 Å². The fraction of sp³-hybridized carbons (Fsp3) is 0.292. The number of carbonyl (C=O) groups excluding carboxylic acids is 3. The van der Waals surface area contributed by atoms with Crippen molar-refractivity contribution in [2.45, 2.75) is 24.7 Å². The third-order valence-corrected chi connectivity index (χ3v) is 7.13. The monoisotopic (exact) mass is 468 g/mol. The van der Waals surface area contributed by atoms with Crippen LogP contribution in [0.25, 0.3) is 6.08 Å². The Bertz CT molecular complexity index is 1160. The van der Waals surface area contributed by atoms with Crippen molar-refractivity contribution < 1.29 is 28.2 Å². The number of rotatable bonds is 6. The first-order valence-electron chi connectivity index (χ1n) is 10.7. The van der Waals surface area contributed by atoms with Crippen LogP contribution in [0.3, 0.4) is 0 Å². The summed E-state index contributed by atoms with van der Waals surface area (Å²) in [7, 11) is 0. The molecular formula is C24H21FN2O5S. The molecule has 5 rings (SSSR count). The number of halogens is 1. The zero-order valence-electron chi connectivity index (χ0n) is 17.6. The molecule has 170 valence electrons. The molecule has 0 bridgehead atoms. The molecule has 0 unspecified atom stereocenters. The molecule has 2 fully saturated rings. The normalized spacial score (nSPS) is 19.7. The number of hydrogen-bond acceptors (Lipinski definition) is 6. The summed E-state index contributed by atoms with van der Waals surface area (Å²) in [5, 5.41) is 2.48. The minimum Gasteiger partial charge on any atom is -0.454 e. The molecule has 9 heteroatoms. The summed E-state index contributed by atoms with van der Waals surface area (Å²) in [4.78, 5) is 39.5. The minimum atomic E-state index is -0.675. The molecule has 3 aliphatic rings. The molecule has 1 saturated carbocycles. The van der Waals surface area contributed by atoms with E-state index in [0.717, 1.165) is 34.2 Å². The third-order valence-electron chi connectivity index (χ3n) is 6.23. The molecule has 0 aromatic heterocycles. The molecule has 1 N–H and O–H groups in total. The number of hydrogen-bond donors (Lipinski definition) is 1. The molecule has 2 aromatic carbocycles. The Morgan fingerprint density at radius 1 is 1.12 bits per heavy atom. The predicted octanol–water partition coefficient (Wildman–Crippen LogP) is 3.83. The average Bonchev–Trinajstić information content (AvgIpc) is 3.33. The SMILES string of the molecule is O=C1S/C(=C\c2ccc3c(c2)OCO3)C(=O)N1CCNC(=O)C1(c2ccc(F)cc2)CCC1. The van der Waals surface area contributed by atoms with Crippen LogP contribution < -0.4 is 14.8 Å². The Kier molecular flexibility index (Phi) is 5.57. The highest BCUT2D eigenvalue weighted by molar-refractivity contribution is 8.18. The van der Waals surface area contributed by atoms with Crippen molar-refractivity contribution in [2.24, 2.45) is 0 Å². The summed E-state index contributed by atoms with van der Waals surface area (Å²) >= 11 is 0.866. The molecule has 2 aromatic rings. The van der Waals surface area contributed by atoms with E-state index in [2.05, 4.69) is 5.32 Å². The second-order valence-electron chi connectivity index (χ2n) is 8.14. The number of nitrogens with one attached hydrogen (secondary N) is 1. The van der Waals surface area contributed by atoms with Gasteiger partial charge in [0.05, 0.1) is 10.3 Å². The molecule has 1 aliphatic carbocycles. The van der Waals surface area contributed by atoms with Gasteiger partial charge >= 0.3 is 0 Å². The van der Waals surface area contributed by atoms with E-state index in [9.17, 15) is 18.8 Å². The predicted molar refractivity (Wildman–Crippen MR) is 120 cm³/mol. The second kappa shape index (κ2) is 8.55. The molecular weight excluding hydrogens is 447 g/mol. The Morgan fingerprint density at radius 2 is 1.88 bits per heavy atom. The van der Waals surface area contributed by atoms with Crippen LogP contribution >= 0.6 is 11.8 Å². The third kappa shape index (κ3) is 3.97. The molecule has 1 saturated heterocycles. The maximum atomic E-state index is 13.3. The van der Waals surface area contributed by atoms with Gasteiger partial charge in [-0.1, -0.05) is 24.6 Å². The number of carbonyl (C=O) groups is 3. The van der Waals surface area contributed by atoms with Crippen molar-refractivity contribution >= 4 is 34.9 Å². The molecule has 0 atom stereocenters. The topological polar surface area (TPSA) is 84.9 Å². The number of nitrogens with zero attached hydrogens (tertiary/aromatic N) is 1. The average molecular weight is 469 g/mol. The first-order valence-corrected chi connectivity index (χ1v) is 11.5. The zero-order chi connectivity index (χ0) is 23.0. The lowest BCUT2D eigenvalue weighted by Crippen LogP contribution is -2.50. The van der Waals surface area contributed by atoms with Crippen molar-refractivity contribution in [2.75, 3.05) is 19.9 Å². The summed E-state index contributed by atoms with van der Waals surface area (Å²) in [5.41, 5.74) is 0.834. The lowest BCUT2D eigenvalue weighted by atomic mass is 9.64. The minimum absolute atomic E-state index is 0.0778. The summed E-state index contributed by atoms with van der Waals surface area (Å²) in [5.74, 6) is 0.330. The fourth-order valence-corrected chi connectivity index (χ4v) is 5.11. The zero-order valence-corrected chi connectivity index (χ0v) is 18.5. The molecule has 33 heavy (non-hydrogen) atoms. The summed E-state index contributed by atoms with van der Waals surface area (Å²) in [6.07, 6.45) is 3.93. The number of benzene rings is 2. The van der Waals surface area contributed by atoms with Gasteiger partial charge in [0.15, 0.2) is 11.5 Å². The first-order chi connectivity index (χ1) is 16.0. The Balaban J connectivity index is 1.21. The van der Waals surface area contributed by atoms with E-state index in [1.54, 1.807) is 36.4 Å². The van der Waals surface area contributed by atoms with Crippen molar-refractivity contribution in [1.82, 2.24) is 10.2 Å². The Hall–Kier alpha value is -3.33. The van der Waals surface area contributed by atoms with Gasteiger partial charge in [-0.15, -0.1) is 0 Å². The van der Waals surface area contributed by atoms with E-state index in [1.165, 1.54) is 12.1 Å². The van der Waals surface area contributed by atoms with Crippen LogP contribution in [0.2, 0.25) is 0 Å². The maximum Gasteiger partial charge on any atom is 0.293 e. The van der Waals surface area contributed by atoms with Crippen LogP contribution in [0.1, 0.15) is 30.4 Å². The fourth-order valence-electron chi connectivity index (χ4n) is 4.24. The van der Waals surface area contributed by atoms with E-state index in [4.69, 9.17) is 9.47 Å². The van der Waals surface area contributed by atoms with Gasteiger partial charge in [0, 0.05) is 13.1 Å². The van der Waals surface area contributed by atoms with Gasteiger partial charge in [-0.05, 0) is 66.1 Å². The van der Waals surface area contributed by atoms with Crippen LogP contribution in [-0.2, 0) is 15.0 Å². The molecule has 3 amide bonds. The highest BCUT2D eigenvalue weighted by atomic mass is 32.2. The van der Waals surface area contributed by atoms with E-state index in [1.807, 2.05) is 0 Å². The van der Waals surface area contributed by atoms with Crippen molar-refractivity contribution in [1.29, 1.82) is 0 Å². The van der Waals surface area contributed by atoms with Crippen molar-refractivity contribution in [3.05, 3.63) is 64.3 Å². The van der Waals surface area contributed by atoms with Gasteiger partial charge in [-0.25, -0.2) is 4.39 Å². The number of fused-ring (bicyclic) bond motifs is 1. The van der Waals surface area contributed by atoms with Crippen LogP contribution in [-0.4, -0.2) is 41.8 Å². The van der Waals surface area contributed by atoms with E-state index in [-0.39, 0.29) is 36.8 Å². The van der Waals surface area contributed by atoms with E-state index in [0.29, 0.717) is 29.2 Å². The van der Waals surface area contributed by atoms with Crippen molar-refractivity contribution in [3.63, 3.8) is 0 Å². The smallest absolute Gasteiger partial charge is 0.293 e. The molecule has 0 radical (unpaired) electrons. The Morgan fingerprint density at radius 3 is 2.61 bits per heavy atom. The summed E-state index contributed by atoms with van der Waals surface area (Å²) in [6, 6.07) is 11.3. The van der Waals surface area contributed by atoms with E-state index >= 15 is 0 Å². The summed E-state index contributed by atoms with van der Waals surface area (Å²) in [6.45, 7) is 0.384. The van der Waals surface area contributed by atoms with Gasteiger partial charge in [0.2, 0.25) is 12.7 Å².